The average Bonchev–Trinajstić information content (AvgIpc) is 2.45. The minimum atomic E-state index is 0.291. The van der Waals surface area contributed by atoms with E-state index in [2.05, 4.69) is 36.0 Å². The summed E-state index contributed by atoms with van der Waals surface area (Å²) in [6, 6.07) is 6.51. The van der Waals surface area contributed by atoms with E-state index in [-0.39, 0.29) is 0 Å². The summed E-state index contributed by atoms with van der Waals surface area (Å²) in [5.41, 5.74) is 1.34. The number of hydrogen-bond acceptors (Lipinski definition) is 4. The van der Waals surface area contributed by atoms with E-state index in [1.807, 2.05) is 18.2 Å². The smallest absolute Gasteiger partial charge is 0.213 e. The van der Waals surface area contributed by atoms with Crippen LogP contribution in [0.25, 0.3) is 0 Å². The number of hydrogen-bond donors (Lipinski definition) is 1. The molecule has 4 heteroatoms. The van der Waals surface area contributed by atoms with Crippen molar-refractivity contribution in [1.29, 1.82) is 0 Å². The standard InChI is InChI=1S/C16H27N3O/c1-16(2,3)19-10-8-13(9-11-19)17-12-14-6-5-7-15(18-14)20-4/h5-7,13,17H,8-12H2,1-4H3. The number of piperidine rings is 1. The molecule has 1 aliphatic heterocycles. The Hall–Kier alpha value is -1.13. The first-order valence-corrected chi connectivity index (χ1v) is 7.47. The monoisotopic (exact) mass is 277 g/mol. The molecule has 2 heterocycles. The number of ether oxygens (including phenoxy) is 1. The second-order valence-electron chi connectivity index (χ2n) is 6.48. The van der Waals surface area contributed by atoms with Crippen molar-refractivity contribution in [3.63, 3.8) is 0 Å². The molecule has 1 aliphatic rings. The van der Waals surface area contributed by atoms with Crippen molar-refractivity contribution >= 4 is 0 Å². The number of likely N-dealkylation sites (tertiary alicyclic amines) is 1. The van der Waals surface area contributed by atoms with Gasteiger partial charge in [-0.05, 0) is 39.7 Å². The highest BCUT2D eigenvalue weighted by Crippen LogP contribution is 2.20. The van der Waals surface area contributed by atoms with Crippen molar-refractivity contribution in [2.24, 2.45) is 0 Å². The molecule has 20 heavy (non-hydrogen) atoms. The molecule has 1 fully saturated rings. The van der Waals surface area contributed by atoms with E-state index < -0.39 is 0 Å². The zero-order chi connectivity index (χ0) is 14.6. The Kier molecular flexibility index (Phi) is 5.00. The van der Waals surface area contributed by atoms with Gasteiger partial charge in [0.2, 0.25) is 5.88 Å². The van der Waals surface area contributed by atoms with Gasteiger partial charge in [0.15, 0.2) is 0 Å². The molecular formula is C16H27N3O. The van der Waals surface area contributed by atoms with Crippen LogP contribution in [-0.4, -0.2) is 41.7 Å². The first-order valence-electron chi connectivity index (χ1n) is 7.47. The predicted molar refractivity (Wildman–Crippen MR) is 82.0 cm³/mol. The van der Waals surface area contributed by atoms with E-state index in [0.29, 0.717) is 17.5 Å². The third kappa shape index (κ3) is 4.18. The van der Waals surface area contributed by atoms with E-state index >= 15 is 0 Å². The van der Waals surface area contributed by atoms with Crippen molar-refractivity contribution in [2.75, 3.05) is 20.2 Å². The van der Waals surface area contributed by atoms with Gasteiger partial charge in [0, 0.05) is 37.3 Å². The van der Waals surface area contributed by atoms with Gasteiger partial charge in [-0.2, -0.15) is 0 Å². The second kappa shape index (κ2) is 6.55. The van der Waals surface area contributed by atoms with Gasteiger partial charge >= 0.3 is 0 Å². The highest BCUT2D eigenvalue weighted by molar-refractivity contribution is 5.15. The summed E-state index contributed by atoms with van der Waals surface area (Å²) < 4.78 is 5.15. The van der Waals surface area contributed by atoms with Gasteiger partial charge in [-0.3, -0.25) is 4.90 Å². The summed E-state index contributed by atoms with van der Waals surface area (Å²) in [6.45, 7) is 10.0. The lowest BCUT2D eigenvalue weighted by molar-refractivity contribution is 0.0959. The molecule has 0 spiro atoms. The number of nitrogens with one attached hydrogen (secondary N) is 1. The molecule has 112 valence electrons. The van der Waals surface area contributed by atoms with Gasteiger partial charge < -0.3 is 10.1 Å². The highest BCUT2D eigenvalue weighted by Gasteiger charge is 2.26. The molecule has 1 aromatic heterocycles. The summed E-state index contributed by atoms with van der Waals surface area (Å²) in [5, 5.41) is 3.62. The largest absolute Gasteiger partial charge is 0.481 e. The fourth-order valence-electron chi connectivity index (χ4n) is 2.67. The molecule has 0 unspecified atom stereocenters. The van der Waals surface area contributed by atoms with Crippen LogP contribution in [0.15, 0.2) is 18.2 Å². The topological polar surface area (TPSA) is 37.4 Å². The number of nitrogens with zero attached hydrogens (tertiary/aromatic N) is 2. The molecule has 0 radical (unpaired) electrons. The molecule has 0 saturated carbocycles. The molecule has 1 N–H and O–H groups in total. The Balaban J connectivity index is 1.78. The van der Waals surface area contributed by atoms with E-state index in [1.54, 1.807) is 7.11 Å². The van der Waals surface area contributed by atoms with Crippen LogP contribution < -0.4 is 10.1 Å². The van der Waals surface area contributed by atoms with Crippen molar-refractivity contribution in [2.45, 2.75) is 51.7 Å². The molecule has 4 nitrogen and oxygen atoms in total. The van der Waals surface area contributed by atoms with Gasteiger partial charge in [-0.25, -0.2) is 4.98 Å². The Morgan fingerprint density at radius 3 is 2.60 bits per heavy atom. The van der Waals surface area contributed by atoms with Gasteiger partial charge in [0.05, 0.1) is 12.8 Å². The maximum absolute atomic E-state index is 5.15. The average molecular weight is 277 g/mol. The SMILES string of the molecule is COc1cccc(CNC2CCN(C(C)(C)C)CC2)n1. The van der Waals surface area contributed by atoms with Crippen molar-refractivity contribution < 1.29 is 4.74 Å². The molecular weight excluding hydrogens is 250 g/mol. The predicted octanol–water partition coefficient (Wildman–Crippen LogP) is 2.44. The van der Waals surface area contributed by atoms with Crippen LogP contribution in [0.4, 0.5) is 0 Å². The van der Waals surface area contributed by atoms with Gasteiger partial charge in [-0.15, -0.1) is 0 Å². The normalized spacial score (nSPS) is 18.2. The Morgan fingerprint density at radius 1 is 1.30 bits per heavy atom. The minimum Gasteiger partial charge on any atom is -0.481 e. The summed E-state index contributed by atoms with van der Waals surface area (Å²) in [7, 11) is 1.65. The lowest BCUT2D eigenvalue weighted by Gasteiger charge is -2.41. The van der Waals surface area contributed by atoms with E-state index in [0.717, 1.165) is 12.2 Å². The van der Waals surface area contributed by atoms with Crippen LogP contribution in [-0.2, 0) is 6.54 Å². The molecule has 0 atom stereocenters. The van der Waals surface area contributed by atoms with Gasteiger partial charge in [0.1, 0.15) is 0 Å². The van der Waals surface area contributed by atoms with Crippen LogP contribution >= 0.6 is 0 Å². The first kappa shape index (κ1) is 15.3. The number of aromatic nitrogens is 1. The van der Waals surface area contributed by atoms with Gasteiger partial charge in [0.25, 0.3) is 0 Å². The fraction of sp³-hybridized carbons (Fsp3) is 0.688. The van der Waals surface area contributed by atoms with E-state index in [4.69, 9.17) is 4.74 Å². The van der Waals surface area contributed by atoms with Gasteiger partial charge in [-0.1, -0.05) is 6.07 Å². The maximum Gasteiger partial charge on any atom is 0.213 e. The minimum absolute atomic E-state index is 0.291. The molecule has 0 aromatic carbocycles. The molecule has 0 amide bonds. The first-order chi connectivity index (χ1) is 9.49. The summed E-state index contributed by atoms with van der Waals surface area (Å²) in [4.78, 5) is 7.00. The summed E-state index contributed by atoms with van der Waals surface area (Å²) in [5.74, 6) is 0.687. The van der Waals surface area contributed by atoms with E-state index in [9.17, 15) is 0 Å². The van der Waals surface area contributed by atoms with Crippen LogP contribution in [0.3, 0.4) is 0 Å². The Bertz CT molecular complexity index is 420. The molecule has 1 saturated heterocycles. The quantitative estimate of drug-likeness (QED) is 0.917. The number of pyridine rings is 1. The molecule has 0 bridgehead atoms. The van der Waals surface area contributed by atoms with Crippen LogP contribution in [0, 0.1) is 0 Å². The Morgan fingerprint density at radius 2 is 2.00 bits per heavy atom. The zero-order valence-corrected chi connectivity index (χ0v) is 13.1. The van der Waals surface area contributed by atoms with Crippen LogP contribution in [0.2, 0.25) is 0 Å². The Labute approximate surface area is 122 Å². The van der Waals surface area contributed by atoms with Crippen molar-refractivity contribution in [3.05, 3.63) is 23.9 Å². The molecule has 2 rings (SSSR count). The number of methoxy groups -OCH3 is 1. The third-order valence-electron chi connectivity index (χ3n) is 4.01. The lowest BCUT2D eigenvalue weighted by atomic mass is 9.98. The molecule has 0 aliphatic carbocycles. The molecule has 1 aromatic rings. The van der Waals surface area contributed by atoms with Crippen molar-refractivity contribution in [1.82, 2.24) is 15.2 Å². The van der Waals surface area contributed by atoms with E-state index in [1.165, 1.54) is 25.9 Å². The fourth-order valence-corrected chi connectivity index (χ4v) is 2.67. The lowest BCUT2D eigenvalue weighted by Crippen LogP contribution is -2.49. The highest BCUT2D eigenvalue weighted by atomic mass is 16.5. The summed E-state index contributed by atoms with van der Waals surface area (Å²) >= 11 is 0. The van der Waals surface area contributed by atoms with Crippen LogP contribution in [0.1, 0.15) is 39.3 Å². The second-order valence-corrected chi connectivity index (χ2v) is 6.48. The zero-order valence-electron chi connectivity index (χ0n) is 13.1. The van der Waals surface area contributed by atoms with Crippen molar-refractivity contribution in [3.8, 4) is 5.88 Å². The number of rotatable bonds is 4. The van der Waals surface area contributed by atoms with Crippen LogP contribution in [0.5, 0.6) is 5.88 Å². The summed E-state index contributed by atoms with van der Waals surface area (Å²) in [6.07, 6.45) is 2.42. The maximum atomic E-state index is 5.15. The third-order valence-corrected chi connectivity index (χ3v) is 4.01.